The van der Waals surface area contributed by atoms with Crippen molar-refractivity contribution in [1.82, 2.24) is 10.2 Å². The number of hydrogen-bond acceptors (Lipinski definition) is 2. The average molecular weight is 527 g/mol. The Morgan fingerprint density at radius 2 is 2.28 bits per heavy atom. The normalized spacial score (nSPS) is 17.8. The number of carbonyl (C=O) groups is 1. The molecule has 1 aliphatic heterocycles. The maximum atomic E-state index is 13.9. The number of aliphatic imine (C=N–C) groups is 1. The van der Waals surface area contributed by atoms with Crippen LogP contribution in [-0.4, -0.2) is 36.4 Å². The number of carbonyl (C=O) groups excluding carboxylic acids is 1. The first-order valence-corrected chi connectivity index (χ1v) is 9.04. The minimum atomic E-state index is -0.264. The molecule has 25 heavy (non-hydrogen) atoms. The zero-order valence-corrected chi connectivity index (χ0v) is 18.2. The van der Waals surface area contributed by atoms with Crippen molar-refractivity contribution >= 4 is 51.8 Å². The number of primary amides is 1. The van der Waals surface area contributed by atoms with Gasteiger partial charge in [-0.2, -0.15) is 0 Å². The molecule has 1 aromatic carbocycles. The van der Waals surface area contributed by atoms with E-state index in [1.54, 1.807) is 12.1 Å². The largest absolute Gasteiger partial charge is 0.370 e. The lowest BCUT2D eigenvalue weighted by Gasteiger charge is -2.34. The predicted molar refractivity (Wildman–Crippen MR) is 112 cm³/mol. The highest BCUT2D eigenvalue weighted by Crippen LogP contribution is 2.20. The Morgan fingerprint density at radius 1 is 1.52 bits per heavy atom. The van der Waals surface area contributed by atoms with Crippen molar-refractivity contribution in [1.29, 1.82) is 0 Å². The van der Waals surface area contributed by atoms with Gasteiger partial charge in [-0.3, -0.25) is 4.79 Å². The summed E-state index contributed by atoms with van der Waals surface area (Å²) in [5.74, 6) is 0.483. The lowest BCUT2D eigenvalue weighted by molar-refractivity contribution is -0.119. The van der Waals surface area contributed by atoms with Crippen molar-refractivity contribution in [3.8, 4) is 0 Å². The molecule has 3 N–H and O–H groups in total. The molecule has 1 unspecified atom stereocenters. The molecule has 1 heterocycles. The SMILES string of the molecule is CCNC(=NCc1cc(Br)ccc1F)N1CCCC(CC(N)=O)C1.I. The smallest absolute Gasteiger partial charge is 0.217 e. The van der Waals surface area contributed by atoms with Gasteiger partial charge in [-0.25, -0.2) is 9.38 Å². The fourth-order valence-corrected chi connectivity index (χ4v) is 3.37. The molecule has 0 aromatic heterocycles. The summed E-state index contributed by atoms with van der Waals surface area (Å²) in [6, 6.07) is 4.85. The second kappa shape index (κ2) is 10.9. The average Bonchev–Trinajstić information content (AvgIpc) is 2.54. The number of nitrogens with one attached hydrogen (secondary N) is 1. The van der Waals surface area contributed by atoms with Crippen LogP contribution in [0.15, 0.2) is 27.7 Å². The third-order valence-electron chi connectivity index (χ3n) is 4.05. The molecule has 0 spiro atoms. The fraction of sp³-hybridized carbons (Fsp3) is 0.529. The summed E-state index contributed by atoms with van der Waals surface area (Å²) in [5.41, 5.74) is 5.87. The van der Waals surface area contributed by atoms with Gasteiger partial charge >= 0.3 is 0 Å². The Labute approximate surface area is 173 Å². The topological polar surface area (TPSA) is 70.7 Å². The molecule has 5 nitrogen and oxygen atoms in total. The highest BCUT2D eigenvalue weighted by Gasteiger charge is 2.23. The summed E-state index contributed by atoms with van der Waals surface area (Å²) in [4.78, 5) is 17.9. The first-order chi connectivity index (χ1) is 11.5. The van der Waals surface area contributed by atoms with Crippen molar-refractivity contribution in [3.63, 3.8) is 0 Å². The number of halogens is 3. The minimum absolute atomic E-state index is 0. The highest BCUT2D eigenvalue weighted by molar-refractivity contribution is 14.0. The third-order valence-corrected chi connectivity index (χ3v) is 4.54. The van der Waals surface area contributed by atoms with E-state index >= 15 is 0 Å². The Kier molecular flexibility index (Phi) is 9.70. The highest BCUT2D eigenvalue weighted by atomic mass is 127. The van der Waals surface area contributed by atoms with Crippen LogP contribution < -0.4 is 11.1 Å². The van der Waals surface area contributed by atoms with Gasteiger partial charge in [0.15, 0.2) is 5.96 Å². The summed E-state index contributed by atoms with van der Waals surface area (Å²) in [6.45, 7) is 4.62. The number of rotatable bonds is 5. The zero-order chi connectivity index (χ0) is 17.5. The number of nitrogens with two attached hydrogens (primary N) is 1. The zero-order valence-electron chi connectivity index (χ0n) is 14.3. The van der Waals surface area contributed by atoms with Crippen molar-refractivity contribution in [2.45, 2.75) is 32.7 Å². The van der Waals surface area contributed by atoms with E-state index in [-0.39, 0.29) is 48.2 Å². The van der Waals surface area contributed by atoms with Gasteiger partial charge < -0.3 is 16.0 Å². The minimum Gasteiger partial charge on any atom is -0.370 e. The van der Waals surface area contributed by atoms with Crippen LogP contribution in [0.3, 0.4) is 0 Å². The second-order valence-corrected chi connectivity index (χ2v) is 6.95. The number of guanidine groups is 1. The third kappa shape index (κ3) is 7.08. The maximum Gasteiger partial charge on any atom is 0.217 e. The molecule has 1 fully saturated rings. The van der Waals surface area contributed by atoms with Crippen molar-refractivity contribution in [3.05, 3.63) is 34.1 Å². The number of benzene rings is 1. The van der Waals surface area contributed by atoms with E-state index in [0.717, 1.165) is 42.9 Å². The van der Waals surface area contributed by atoms with E-state index in [0.29, 0.717) is 12.0 Å². The number of likely N-dealkylation sites (tertiary alicyclic amines) is 1. The van der Waals surface area contributed by atoms with Crippen molar-refractivity contribution in [2.24, 2.45) is 16.6 Å². The van der Waals surface area contributed by atoms with Gasteiger partial charge in [0.2, 0.25) is 5.91 Å². The van der Waals surface area contributed by atoms with Crippen LogP contribution in [-0.2, 0) is 11.3 Å². The molecule has 1 atom stereocenters. The first-order valence-electron chi connectivity index (χ1n) is 8.25. The Bertz CT molecular complexity index is 614. The molecule has 0 saturated carbocycles. The molecule has 1 aliphatic rings. The quantitative estimate of drug-likeness (QED) is 0.351. The van der Waals surface area contributed by atoms with Crippen molar-refractivity contribution in [2.75, 3.05) is 19.6 Å². The first kappa shape index (κ1) is 22.1. The molecule has 1 amide bonds. The van der Waals surface area contributed by atoms with Gasteiger partial charge in [-0.15, -0.1) is 24.0 Å². The molecule has 8 heteroatoms. The molecule has 140 valence electrons. The van der Waals surface area contributed by atoms with Crippen LogP contribution in [0.2, 0.25) is 0 Å². The van der Waals surface area contributed by atoms with E-state index in [4.69, 9.17) is 5.73 Å². The van der Waals surface area contributed by atoms with Gasteiger partial charge in [0, 0.05) is 36.1 Å². The van der Waals surface area contributed by atoms with E-state index in [1.807, 2.05) is 6.92 Å². The molecule has 2 rings (SSSR count). The van der Waals surface area contributed by atoms with Crippen LogP contribution >= 0.6 is 39.9 Å². The number of piperidine rings is 1. The fourth-order valence-electron chi connectivity index (χ4n) is 2.96. The number of amides is 1. The lowest BCUT2D eigenvalue weighted by Crippen LogP contribution is -2.47. The predicted octanol–water partition coefficient (Wildman–Crippen LogP) is 3.26. The van der Waals surface area contributed by atoms with Crippen LogP contribution in [0.5, 0.6) is 0 Å². The molecule has 1 aromatic rings. The number of hydrogen-bond donors (Lipinski definition) is 2. The Morgan fingerprint density at radius 3 is 2.96 bits per heavy atom. The standard InChI is InChI=1S/C17H24BrFN4O.HI/c1-2-21-17(22-10-13-9-14(18)5-6-15(13)19)23-7-3-4-12(11-23)8-16(20)24;/h5-6,9,12H,2-4,7-8,10-11H2,1H3,(H2,20,24)(H,21,22);1H. The second-order valence-electron chi connectivity index (χ2n) is 6.03. The molecule has 0 aliphatic carbocycles. The summed E-state index contributed by atoms with van der Waals surface area (Å²) in [5, 5.41) is 3.26. The lowest BCUT2D eigenvalue weighted by atomic mass is 9.95. The summed E-state index contributed by atoms with van der Waals surface area (Å²) in [6.07, 6.45) is 2.39. The van der Waals surface area contributed by atoms with Crippen LogP contribution in [0, 0.1) is 11.7 Å². The van der Waals surface area contributed by atoms with E-state index in [1.165, 1.54) is 6.07 Å². The van der Waals surface area contributed by atoms with Gasteiger partial charge in [0.1, 0.15) is 5.82 Å². The maximum absolute atomic E-state index is 13.9. The van der Waals surface area contributed by atoms with Crippen LogP contribution in [0.1, 0.15) is 31.7 Å². The van der Waals surface area contributed by atoms with Crippen molar-refractivity contribution < 1.29 is 9.18 Å². The molecule has 0 radical (unpaired) electrons. The van der Waals surface area contributed by atoms with E-state index in [9.17, 15) is 9.18 Å². The van der Waals surface area contributed by atoms with Gasteiger partial charge in [0.25, 0.3) is 0 Å². The molecule has 0 bridgehead atoms. The summed E-state index contributed by atoms with van der Waals surface area (Å²) >= 11 is 3.36. The van der Waals surface area contributed by atoms with Gasteiger partial charge in [0.05, 0.1) is 6.54 Å². The Hall–Kier alpha value is -0.900. The molecule has 1 saturated heterocycles. The summed E-state index contributed by atoms with van der Waals surface area (Å²) < 4.78 is 14.7. The number of nitrogens with zero attached hydrogens (tertiary/aromatic N) is 2. The Balaban J connectivity index is 0.00000312. The molecular formula is C17H25BrFIN4O. The monoisotopic (exact) mass is 526 g/mol. The van der Waals surface area contributed by atoms with E-state index < -0.39 is 0 Å². The van der Waals surface area contributed by atoms with Crippen LogP contribution in [0.4, 0.5) is 4.39 Å². The van der Waals surface area contributed by atoms with Gasteiger partial charge in [-0.05, 0) is 43.9 Å². The van der Waals surface area contributed by atoms with E-state index in [2.05, 4.69) is 31.1 Å². The van der Waals surface area contributed by atoms with Gasteiger partial charge in [-0.1, -0.05) is 15.9 Å². The van der Waals surface area contributed by atoms with Crippen LogP contribution in [0.25, 0.3) is 0 Å². The molecular weight excluding hydrogens is 502 g/mol. The summed E-state index contributed by atoms with van der Waals surface area (Å²) in [7, 11) is 0.